The third kappa shape index (κ3) is 6.65. The molecule has 1 saturated heterocycles. The number of anilines is 1. The number of hydrogen-bond acceptors (Lipinski definition) is 4. The summed E-state index contributed by atoms with van der Waals surface area (Å²) >= 11 is 0.537. The van der Waals surface area contributed by atoms with Gasteiger partial charge in [-0.05, 0) is 43.6 Å². The highest BCUT2D eigenvalue weighted by atomic mass is 32.1. The number of carbonyl (C=O) groups is 3. The predicted octanol–water partition coefficient (Wildman–Crippen LogP) is 6.47. The van der Waals surface area contributed by atoms with Crippen molar-refractivity contribution in [3.05, 3.63) is 40.6 Å². The molecule has 3 atom stereocenters. The highest BCUT2D eigenvalue weighted by Gasteiger charge is 2.42. The van der Waals surface area contributed by atoms with Gasteiger partial charge in [0, 0.05) is 23.4 Å². The number of likely N-dealkylation sites (tertiary alicyclic amines) is 1. The summed E-state index contributed by atoms with van der Waals surface area (Å²) in [6, 6.07) is 6.64. The van der Waals surface area contributed by atoms with E-state index in [0.29, 0.717) is 42.7 Å². The molecular weight excluding hydrogens is 527 g/mol. The molecule has 2 N–H and O–H groups in total. The van der Waals surface area contributed by atoms with Crippen LogP contribution in [0, 0.1) is 11.8 Å². The third-order valence-corrected chi connectivity index (χ3v) is 8.98. The molecule has 10 heteroatoms. The number of thiophene rings is 1. The summed E-state index contributed by atoms with van der Waals surface area (Å²) in [6.45, 7) is 4.10. The van der Waals surface area contributed by atoms with E-state index in [1.807, 2.05) is 13.8 Å². The van der Waals surface area contributed by atoms with Crippen LogP contribution in [0.15, 0.2) is 35.7 Å². The summed E-state index contributed by atoms with van der Waals surface area (Å²) < 4.78 is 41.4. The number of alkyl halides is 3. The first-order valence-corrected chi connectivity index (χ1v) is 14.7. The van der Waals surface area contributed by atoms with Crippen LogP contribution in [-0.2, 0) is 20.6 Å². The standard InChI is InChI=1S/C29H36F3N3O3S/c1-3-18(2)26(36)34-24(20-13-8-5-9-14-20)28(38)35-16-10-15-22(35)27(37)33-21-17-39-25(29(30,31)32)23(21)19-11-6-4-7-12-19/h4,6-7,11-12,17-18,20,22,24H,3,5,8-10,13-16H2,1-2H3,(H,33,37)(H,34,36)/t18-,22+,24+/m1/s1. The van der Waals surface area contributed by atoms with E-state index in [-0.39, 0.29) is 34.9 Å². The number of rotatable bonds is 8. The van der Waals surface area contributed by atoms with Crippen LogP contribution < -0.4 is 10.6 Å². The lowest BCUT2D eigenvalue weighted by Crippen LogP contribution is -2.56. The molecule has 3 amide bonds. The van der Waals surface area contributed by atoms with Gasteiger partial charge in [0.1, 0.15) is 17.0 Å². The fraction of sp³-hybridized carbons (Fsp3) is 0.552. The summed E-state index contributed by atoms with van der Waals surface area (Å²) in [4.78, 5) is 40.9. The SMILES string of the molecule is CC[C@@H](C)C(=O)N[C@H](C(=O)N1CCC[C@H]1C(=O)Nc1csc(C(F)(F)F)c1-c1ccccc1)C1CCCCC1. The average molecular weight is 564 g/mol. The topological polar surface area (TPSA) is 78.5 Å². The maximum atomic E-state index is 13.9. The summed E-state index contributed by atoms with van der Waals surface area (Å²) in [7, 11) is 0. The van der Waals surface area contributed by atoms with Crippen molar-refractivity contribution in [1.82, 2.24) is 10.2 Å². The van der Waals surface area contributed by atoms with Gasteiger partial charge in [0.2, 0.25) is 17.7 Å². The summed E-state index contributed by atoms with van der Waals surface area (Å²) in [6.07, 6.45) is 1.81. The Kier molecular flexibility index (Phi) is 9.35. The Morgan fingerprint density at radius 1 is 1.05 bits per heavy atom. The zero-order valence-electron chi connectivity index (χ0n) is 22.4. The molecule has 1 aromatic carbocycles. The van der Waals surface area contributed by atoms with Gasteiger partial charge >= 0.3 is 6.18 Å². The molecule has 1 aliphatic carbocycles. The van der Waals surface area contributed by atoms with E-state index in [9.17, 15) is 27.6 Å². The zero-order valence-corrected chi connectivity index (χ0v) is 23.2. The van der Waals surface area contributed by atoms with Gasteiger partial charge in [0.25, 0.3) is 0 Å². The Morgan fingerprint density at radius 3 is 2.38 bits per heavy atom. The fourth-order valence-corrected chi connectivity index (χ4v) is 6.47. The molecule has 1 aliphatic heterocycles. The Hall–Kier alpha value is -2.88. The van der Waals surface area contributed by atoms with E-state index in [4.69, 9.17) is 0 Å². The lowest BCUT2D eigenvalue weighted by atomic mass is 9.83. The first-order chi connectivity index (χ1) is 18.6. The Labute approximate surface area is 231 Å². The highest BCUT2D eigenvalue weighted by Crippen LogP contribution is 2.45. The van der Waals surface area contributed by atoms with Gasteiger partial charge in [0.05, 0.1) is 5.69 Å². The van der Waals surface area contributed by atoms with Gasteiger partial charge in [-0.2, -0.15) is 13.2 Å². The van der Waals surface area contributed by atoms with Gasteiger partial charge < -0.3 is 15.5 Å². The van der Waals surface area contributed by atoms with Gasteiger partial charge in [0.15, 0.2) is 0 Å². The normalized spacial score (nSPS) is 19.9. The quantitative estimate of drug-likeness (QED) is 0.386. The summed E-state index contributed by atoms with van der Waals surface area (Å²) in [5.74, 6) is -1.20. The van der Waals surface area contributed by atoms with Crippen molar-refractivity contribution >= 4 is 34.7 Å². The van der Waals surface area contributed by atoms with Crippen LogP contribution in [0.25, 0.3) is 11.1 Å². The molecule has 4 rings (SSSR count). The first-order valence-electron chi connectivity index (χ1n) is 13.8. The first kappa shape index (κ1) is 29.1. The number of nitrogens with zero attached hydrogens (tertiary/aromatic N) is 1. The molecule has 0 radical (unpaired) electrons. The molecule has 0 spiro atoms. The number of halogens is 3. The Morgan fingerprint density at radius 2 is 1.74 bits per heavy atom. The molecule has 2 aromatic rings. The zero-order chi connectivity index (χ0) is 28.2. The van der Waals surface area contributed by atoms with Crippen LogP contribution in [-0.4, -0.2) is 41.2 Å². The maximum Gasteiger partial charge on any atom is 0.426 e. The second kappa shape index (κ2) is 12.5. The molecule has 1 saturated carbocycles. The third-order valence-electron chi connectivity index (χ3n) is 7.95. The number of benzene rings is 1. The lowest BCUT2D eigenvalue weighted by molar-refractivity contribution is -0.142. The molecule has 212 valence electrons. The van der Waals surface area contributed by atoms with Crippen LogP contribution in [0.4, 0.5) is 18.9 Å². The Bertz CT molecular complexity index is 1160. The van der Waals surface area contributed by atoms with Crippen LogP contribution in [0.3, 0.4) is 0 Å². The van der Waals surface area contributed by atoms with Crippen LogP contribution in [0.2, 0.25) is 0 Å². The van der Waals surface area contributed by atoms with Crippen molar-refractivity contribution in [2.45, 2.75) is 83.5 Å². The smallest absolute Gasteiger partial charge is 0.344 e. The van der Waals surface area contributed by atoms with Gasteiger partial charge in [-0.15, -0.1) is 11.3 Å². The summed E-state index contributed by atoms with van der Waals surface area (Å²) in [5.41, 5.74) is 0.362. The largest absolute Gasteiger partial charge is 0.426 e. The van der Waals surface area contributed by atoms with Crippen molar-refractivity contribution < 1.29 is 27.6 Å². The van der Waals surface area contributed by atoms with Gasteiger partial charge in [-0.1, -0.05) is 63.4 Å². The van der Waals surface area contributed by atoms with Crippen molar-refractivity contribution in [2.24, 2.45) is 11.8 Å². The van der Waals surface area contributed by atoms with E-state index in [2.05, 4.69) is 10.6 Å². The van der Waals surface area contributed by atoms with Gasteiger partial charge in [-0.25, -0.2) is 0 Å². The minimum Gasteiger partial charge on any atom is -0.344 e. The van der Waals surface area contributed by atoms with Crippen molar-refractivity contribution in [1.29, 1.82) is 0 Å². The minimum absolute atomic E-state index is 0.000492. The molecule has 39 heavy (non-hydrogen) atoms. The average Bonchev–Trinajstić information content (AvgIpc) is 3.59. The number of amides is 3. The van der Waals surface area contributed by atoms with E-state index in [0.717, 1.165) is 32.1 Å². The number of carbonyl (C=O) groups excluding carboxylic acids is 3. The van der Waals surface area contributed by atoms with Crippen molar-refractivity contribution in [3.8, 4) is 11.1 Å². The summed E-state index contributed by atoms with van der Waals surface area (Å²) in [5, 5.41) is 7.00. The highest BCUT2D eigenvalue weighted by molar-refractivity contribution is 7.11. The molecule has 2 aliphatic rings. The fourth-order valence-electron chi connectivity index (χ4n) is 5.58. The molecule has 0 unspecified atom stereocenters. The predicted molar refractivity (Wildman–Crippen MR) is 146 cm³/mol. The molecule has 0 bridgehead atoms. The van der Waals surface area contributed by atoms with Crippen LogP contribution >= 0.6 is 11.3 Å². The number of nitrogens with one attached hydrogen (secondary N) is 2. The lowest BCUT2D eigenvalue weighted by Gasteiger charge is -2.35. The van der Waals surface area contributed by atoms with Crippen LogP contribution in [0.5, 0.6) is 0 Å². The molecular formula is C29H36F3N3O3S. The molecule has 2 fully saturated rings. The maximum absolute atomic E-state index is 13.9. The van der Waals surface area contributed by atoms with E-state index in [1.54, 1.807) is 30.3 Å². The second-order valence-electron chi connectivity index (χ2n) is 10.6. The van der Waals surface area contributed by atoms with E-state index in [1.165, 1.54) is 10.3 Å². The van der Waals surface area contributed by atoms with Crippen molar-refractivity contribution in [2.75, 3.05) is 11.9 Å². The van der Waals surface area contributed by atoms with Crippen LogP contribution in [0.1, 0.15) is 70.1 Å². The molecule has 6 nitrogen and oxygen atoms in total. The van der Waals surface area contributed by atoms with Crippen molar-refractivity contribution in [3.63, 3.8) is 0 Å². The number of hydrogen-bond donors (Lipinski definition) is 2. The van der Waals surface area contributed by atoms with E-state index >= 15 is 0 Å². The second-order valence-corrected chi connectivity index (χ2v) is 11.5. The molecule has 2 heterocycles. The molecule has 1 aromatic heterocycles. The Balaban J connectivity index is 1.57. The monoisotopic (exact) mass is 563 g/mol. The van der Waals surface area contributed by atoms with Gasteiger partial charge in [-0.3, -0.25) is 14.4 Å². The minimum atomic E-state index is -4.57. The van der Waals surface area contributed by atoms with E-state index < -0.39 is 29.0 Å².